The molecule has 0 radical (unpaired) electrons. The molecule has 1 N–H and O–H groups in total. The number of pyridine rings is 1. The first-order valence-corrected chi connectivity index (χ1v) is 11.7. The molecule has 0 saturated heterocycles. The van der Waals surface area contributed by atoms with Crippen LogP contribution in [0.4, 0.5) is 5.82 Å². The number of allylic oxidation sites excluding steroid dienone is 1. The van der Waals surface area contributed by atoms with Crippen LogP contribution >= 0.6 is 0 Å². The van der Waals surface area contributed by atoms with Crippen LogP contribution in [0.15, 0.2) is 59.4 Å². The largest absolute Gasteiger partial charge is 0.497 e. The number of furan rings is 1. The van der Waals surface area contributed by atoms with Gasteiger partial charge >= 0.3 is 0 Å². The van der Waals surface area contributed by atoms with Gasteiger partial charge in [-0.05, 0) is 69.2 Å². The molecule has 4 rings (SSSR count). The lowest BCUT2D eigenvalue weighted by molar-refractivity contribution is -0.111. The van der Waals surface area contributed by atoms with Gasteiger partial charge in [0.2, 0.25) is 5.91 Å². The Balaban J connectivity index is 1.82. The Morgan fingerprint density at radius 2 is 1.89 bits per heavy atom. The highest BCUT2D eigenvalue weighted by Gasteiger charge is 2.21. The molecule has 7 nitrogen and oxygen atoms in total. The molecular formula is C29H30N2O5. The fourth-order valence-electron chi connectivity index (χ4n) is 4.15. The van der Waals surface area contributed by atoms with Gasteiger partial charge in [0.05, 0.1) is 27.1 Å². The van der Waals surface area contributed by atoms with Crippen molar-refractivity contribution >= 4 is 28.3 Å². The minimum absolute atomic E-state index is 0.272. The van der Waals surface area contributed by atoms with Gasteiger partial charge in [0.1, 0.15) is 28.6 Å². The molecule has 4 aromatic rings. The number of nitrogens with zero attached hydrogens (tertiary/aromatic N) is 1. The number of rotatable bonds is 8. The van der Waals surface area contributed by atoms with Gasteiger partial charge in [0, 0.05) is 39.9 Å². The number of carbonyl (C=O) groups is 1. The highest BCUT2D eigenvalue weighted by Crippen LogP contribution is 2.43. The SMILES string of the molecule is CCOc1c(/C(C)=C/C(=O)Nc2ccc(C)cn2)cc2c(-c3cc(OC)ccc3OC)coc2c1C. The molecule has 0 atom stereocenters. The Morgan fingerprint density at radius 1 is 1.08 bits per heavy atom. The summed E-state index contributed by atoms with van der Waals surface area (Å²) in [5, 5.41) is 3.70. The minimum Gasteiger partial charge on any atom is -0.497 e. The number of benzene rings is 2. The molecule has 186 valence electrons. The monoisotopic (exact) mass is 486 g/mol. The van der Waals surface area contributed by atoms with Crippen molar-refractivity contribution < 1.29 is 23.4 Å². The summed E-state index contributed by atoms with van der Waals surface area (Å²) in [5.74, 6) is 2.31. The predicted octanol–water partition coefficient (Wildman–Crippen LogP) is 6.57. The van der Waals surface area contributed by atoms with Gasteiger partial charge in [0.15, 0.2) is 0 Å². The van der Waals surface area contributed by atoms with Crippen LogP contribution < -0.4 is 19.5 Å². The van der Waals surface area contributed by atoms with E-state index in [0.717, 1.165) is 38.8 Å². The maximum Gasteiger partial charge on any atom is 0.249 e. The van der Waals surface area contributed by atoms with E-state index in [4.69, 9.17) is 18.6 Å². The number of fused-ring (bicyclic) bond motifs is 1. The number of amides is 1. The summed E-state index contributed by atoms with van der Waals surface area (Å²) >= 11 is 0. The Morgan fingerprint density at radius 3 is 2.56 bits per heavy atom. The third-order valence-corrected chi connectivity index (χ3v) is 5.96. The van der Waals surface area contributed by atoms with E-state index in [1.807, 2.05) is 58.0 Å². The second-order valence-corrected chi connectivity index (χ2v) is 8.44. The van der Waals surface area contributed by atoms with Crippen molar-refractivity contribution in [3.05, 3.63) is 71.6 Å². The van der Waals surface area contributed by atoms with Crippen LogP contribution in [0.1, 0.15) is 30.5 Å². The van der Waals surface area contributed by atoms with Crippen molar-refractivity contribution in [2.24, 2.45) is 0 Å². The summed E-state index contributed by atoms with van der Waals surface area (Å²) in [6.45, 7) is 8.19. The maximum atomic E-state index is 12.8. The Bertz CT molecular complexity index is 1430. The average molecular weight is 487 g/mol. The molecular weight excluding hydrogens is 456 g/mol. The Hall–Kier alpha value is -4.26. The molecule has 36 heavy (non-hydrogen) atoms. The van der Waals surface area contributed by atoms with Crippen LogP contribution in [-0.4, -0.2) is 31.7 Å². The quantitative estimate of drug-likeness (QED) is 0.284. The van der Waals surface area contributed by atoms with Crippen LogP contribution in [0.2, 0.25) is 0 Å². The van der Waals surface area contributed by atoms with Crippen LogP contribution in [0.25, 0.3) is 27.7 Å². The molecule has 0 aliphatic heterocycles. The van der Waals surface area contributed by atoms with Gasteiger partial charge in [-0.2, -0.15) is 0 Å². The predicted molar refractivity (Wildman–Crippen MR) is 142 cm³/mol. The number of ether oxygens (including phenoxy) is 3. The Labute approximate surface area is 210 Å². The molecule has 1 amide bonds. The standard InChI is InChI=1S/C29H30N2O5/c1-7-35-28-19(4)29-23(24(16-36-29)22-13-20(33-5)9-10-25(22)34-6)14-21(28)18(3)12-27(32)31-26-11-8-17(2)15-30-26/h8-16H,7H2,1-6H3,(H,30,31,32)/b18-12+. The van der Waals surface area contributed by atoms with Crippen molar-refractivity contribution in [3.8, 4) is 28.4 Å². The van der Waals surface area contributed by atoms with E-state index in [2.05, 4.69) is 10.3 Å². The number of hydrogen-bond acceptors (Lipinski definition) is 6. The molecule has 0 fully saturated rings. The number of hydrogen-bond donors (Lipinski definition) is 1. The maximum absolute atomic E-state index is 12.8. The van der Waals surface area contributed by atoms with Crippen molar-refractivity contribution in [1.82, 2.24) is 4.98 Å². The van der Waals surface area contributed by atoms with Crippen molar-refractivity contribution in [1.29, 1.82) is 0 Å². The zero-order valence-corrected chi connectivity index (χ0v) is 21.4. The first kappa shape index (κ1) is 24.9. The molecule has 7 heteroatoms. The summed E-state index contributed by atoms with van der Waals surface area (Å²) in [4.78, 5) is 17.0. The van der Waals surface area contributed by atoms with Gasteiger partial charge < -0.3 is 23.9 Å². The third kappa shape index (κ3) is 4.91. The lowest BCUT2D eigenvalue weighted by atomic mass is 9.96. The minimum atomic E-state index is -0.272. The lowest BCUT2D eigenvalue weighted by Crippen LogP contribution is -2.10. The number of aryl methyl sites for hydroxylation is 2. The molecule has 2 heterocycles. The van der Waals surface area contributed by atoms with Crippen LogP contribution in [0.3, 0.4) is 0 Å². The van der Waals surface area contributed by atoms with Crippen molar-refractivity contribution in [3.63, 3.8) is 0 Å². The summed E-state index contributed by atoms with van der Waals surface area (Å²) in [5.41, 5.74) is 5.84. The lowest BCUT2D eigenvalue weighted by Gasteiger charge is -2.15. The number of anilines is 1. The van der Waals surface area contributed by atoms with E-state index in [-0.39, 0.29) is 5.91 Å². The molecule has 0 bridgehead atoms. The molecule has 0 aliphatic rings. The van der Waals surface area contributed by atoms with Gasteiger partial charge in [-0.15, -0.1) is 0 Å². The number of nitrogens with one attached hydrogen (secondary N) is 1. The summed E-state index contributed by atoms with van der Waals surface area (Å²) in [6, 6.07) is 11.3. The molecule has 0 aliphatic carbocycles. The first-order valence-electron chi connectivity index (χ1n) is 11.7. The van der Waals surface area contributed by atoms with Crippen LogP contribution in [-0.2, 0) is 4.79 Å². The second-order valence-electron chi connectivity index (χ2n) is 8.44. The number of aromatic nitrogens is 1. The third-order valence-electron chi connectivity index (χ3n) is 5.96. The van der Waals surface area contributed by atoms with E-state index >= 15 is 0 Å². The molecule has 0 unspecified atom stereocenters. The fraction of sp³-hybridized carbons (Fsp3) is 0.241. The van der Waals surface area contributed by atoms with Gasteiger partial charge in [0.25, 0.3) is 0 Å². The zero-order chi connectivity index (χ0) is 25.8. The van der Waals surface area contributed by atoms with E-state index in [1.54, 1.807) is 38.8 Å². The van der Waals surface area contributed by atoms with E-state index in [0.29, 0.717) is 35.3 Å². The number of carbonyl (C=O) groups excluding carboxylic acids is 1. The highest BCUT2D eigenvalue weighted by atomic mass is 16.5. The molecule has 0 spiro atoms. The van der Waals surface area contributed by atoms with Crippen molar-refractivity contribution in [2.45, 2.75) is 27.7 Å². The molecule has 2 aromatic heterocycles. The number of methoxy groups -OCH3 is 2. The van der Waals surface area contributed by atoms with E-state index < -0.39 is 0 Å². The topological polar surface area (TPSA) is 82.8 Å². The smallest absolute Gasteiger partial charge is 0.249 e. The highest BCUT2D eigenvalue weighted by molar-refractivity contribution is 6.05. The summed E-state index contributed by atoms with van der Waals surface area (Å²) in [6.07, 6.45) is 4.98. The van der Waals surface area contributed by atoms with Crippen molar-refractivity contribution in [2.75, 3.05) is 26.1 Å². The van der Waals surface area contributed by atoms with Crippen LogP contribution in [0, 0.1) is 13.8 Å². The zero-order valence-electron chi connectivity index (χ0n) is 21.4. The molecule has 0 saturated carbocycles. The van der Waals surface area contributed by atoms with E-state index in [1.165, 1.54) is 0 Å². The molecule has 2 aromatic carbocycles. The Kier molecular flexibility index (Phi) is 7.29. The second kappa shape index (κ2) is 10.6. The van der Waals surface area contributed by atoms with Gasteiger partial charge in [-0.3, -0.25) is 4.79 Å². The first-order chi connectivity index (χ1) is 17.4. The van der Waals surface area contributed by atoms with Crippen LogP contribution in [0.5, 0.6) is 17.2 Å². The van der Waals surface area contributed by atoms with E-state index in [9.17, 15) is 4.79 Å². The summed E-state index contributed by atoms with van der Waals surface area (Å²) < 4.78 is 23.1. The fourth-order valence-corrected chi connectivity index (χ4v) is 4.15. The van der Waals surface area contributed by atoms with Gasteiger partial charge in [-0.1, -0.05) is 6.07 Å². The normalized spacial score (nSPS) is 11.4. The summed E-state index contributed by atoms with van der Waals surface area (Å²) in [7, 11) is 3.26. The van der Waals surface area contributed by atoms with Gasteiger partial charge in [-0.25, -0.2) is 4.98 Å². The average Bonchev–Trinajstić information content (AvgIpc) is 3.30.